The lowest BCUT2D eigenvalue weighted by molar-refractivity contribution is 0.563. The van der Waals surface area contributed by atoms with Crippen LogP contribution in [0.5, 0.6) is 0 Å². The first-order valence-electron chi connectivity index (χ1n) is 7.59. The molecule has 0 bridgehead atoms. The fourth-order valence-electron chi connectivity index (χ4n) is 2.58. The van der Waals surface area contributed by atoms with Crippen molar-refractivity contribution in [3.05, 3.63) is 59.8 Å². The Hall–Kier alpha value is -3.29. The van der Waals surface area contributed by atoms with Crippen molar-refractivity contribution in [3.63, 3.8) is 0 Å². The monoisotopic (exact) mass is 341 g/mol. The molecule has 6 nitrogen and oxygen atoms in total. The number of H-pyrrole nitrogens is 1. The van der Waals surface area contributed by atoms with E-state index in [4.69, 9.17) is 4.42 Å². The van der Waals surface area contributed by atoms with Crippen molar-refractivity contribution >= 4 is 16.9 Å². The van der Waals surface area contributed by atoms with Crippen molar-refractivity contribution in [3.8, 4) is 11.5 Å². The summed E-state index contributed by atoms with van der Waals surface area (Å²) in [4.78, 5) is 0. The van der Waals surface area contributed by atoms with Crippen LogP contribution < -0.4 is 5.32 Å². The first-order valence-corrected chi connectivity index (χ1v) is 7.59. The van der Waals surface area contributed by atoms with Gasteiger partial charge in [-0.1, -0.05) is 17.2 Å². The van der Waals surface area contributed by atoms with Crippen molar-refractivity contribution in [1.82, 2.24) is 20.4 Å². The van der Waals surface area contributed by atoms with Gasteiger partial charge >= 0.3 is 6.01 Å². The van der Waals surface area contributed by atoms with Crippen LogP contribution in [0.15, 0.2) is 47.0 Å². The zero-order valence-corrected chi connectivity index (χ0v) is 13.1. The maximum Gasteiger partial charge on any atom is 0.316 e. The van der Waals surface area contributed by atoms with Crippen LogP contribution in [0.4, 0.5) is 14.8 Å². The number of benzene rings is 2. The van der Waals surface area contributed by atoms with Crippen molar-refractivity contribution in [2.45, 2.75) is 13.0 Å². The van der Waals surface area contributed by atoms with Gasteiger partial charge in [0.05, 0.1) is 28.7 Å². The number of aromatic amines is 1. The maximum absolute atomic E-state index is 14.5. The third-order valence-electron chi connectivity index (χ3n) is 3.90. The Morgan fingerprint density at radius 1 is 1.16 bits per heavy atom. The summed E-state index contributed by atoms with van der Waals surface area (Å²) < 4.78 is 33.3. The highest BCUT2D eigenvalue weighted by Gasteiger charge is 2.17. The summed E-state index contributed by atoms with van der Waals surface area (Å²) in [5.74, 6) is -0.762. The molecule has 2 aromatic carbocycles. The van der Waals surface area contributed by atoms with Gasteiger partial charge < -0.3 is 9.73 Å². The molecule has 0 amide bonds. The van der Waals surface area contributed by atoms with Gasteiger partial charge in [-0.05, 0) is 36.8 Å². The minimum absolute atomic E-state index is 0.0505. The molecular weight excluding hydrogens is 328 g/mol. The largest absolute Gasteiger partial charge is 0.403 e. The number of hydrogen-bond donors (Lipinski definition) is 2. The number of rotatable bonds is 4. The van der Waals surface area contributed by atoms with Gasteiger partial charge in [-0.25, -0.2) is 8.78 Å². The Bertz CT molecular complexity index is 1040. The number of nitrogens with zero attached hydrogens (tertiary/aromatic N) is 3. The average molecular weight is 341 g/mol. The van der Waals surface area contributed by atoms with Gasteiger partial charge in [0.25, 0.3) is 5.89 Å². The van der Waals surface area contributed by atoms with Crippen LogP contribution in [-0.2, 0) is 0 Å². The van der Waals surface area contributed by atoms with E-state index in [1.54, 1.807) is 24.3 Å². The molecule has 0 radical (unpaired) electrons. The first-order chi connectivity index (χ1) is 12.1. The third kappa shape index (κ3) is 2.82. The van der Waals surface area contributed by atoms with E-state index in [1.807, 2.05) is 6.92 Å². The molecule has 0 aliphatic rings. The topological polar surface area (TPSA) is 79.6 Å². The molecule has 4 rings (SSSR count). The number of nitrogens with one attached hydrogen (secondary N) is 2. The second-order valence-electron chi connectivity index (χ2n) is 5.59. The zero-order valence-electron chi connectivity index (χ0n) is 13.1. The van der Waals surface area contributed by atoms with Gasteiger partial charge in [-0.3, -0.25) is 5.10 Å². The lowest BCUT2D eigenvalue weighted by Gasteiger charge is -2.11. The van der Waals surface area contributed by atoms with E-state index >= 15 is 0 Å². The molecule has 0 saturated heterocycles. The third-order valence-corrected chi connectivity index (χ3v) is 3.90. The molecule has 0 spiro atoms. The Morgan fingerprint density at radius 3 is 2.88 bits per heavy atom. The minimum Gasteiger partial charge on any atom is -0.403 e. The summed E-state index contributed by atoms with van der Waals surface area (Å²) >= 11 is 0. The molecule has 0 saturated carbocycles. The number of hydrogen-bond acceptors (Lipinski definition) is 5. The summed E-state index contributed by atoms with van der Waals surface area (Å²) in [5.41, 5.74) is 1.50. The molecule has 0 unspecified atom stereocenters. The summed E-state index contributed by atoms with van der Waals surface area (Å²) in [6.07, 6.45) is 1.40. The Labute approximate surface area is 140 Å². The van der Waals surface area contributed by atoms with Gasteiger partial charge in [0, 0.05) is 0 Å². The van der Waals surface area contributed by atoms with Gasteiger partial charge in [0.15, 0.2) is 0 Å². The van der Waals surface area contributed by atoms with E-state index in [9.17, 15) is 8.78 Å². The SMILES string of the molecule is C[C@@H](Nc1nnc(-c2ccc3[nH]ncc3c2F)o1)c1cccc(F)c1. The van der Waals surface area contributed by atoms with Crippen LogP contribution in [0.1, 0.15) is 18.5 Å². The average Bonchev–Trinajstić information content (AvgIpc) is 3.25. The summed E-state index contributed by atoms with van der Waals surface area (Å²) in [7, 11) is 0. The maximum atomic E-state index is 14.5. The fraction of sp³-hybridized carbons (Fsp3) is 0.118. The van der Waals surface area contributed by atoms with Crippen LogP contribution in [0, 0.1) is 11.6 Å². The molecule has 0 aliphatic carbocycles. The smallest absolute Gasteiger partial charge is 0.316 e. The molecule has 4 aromatic rings. The predicted octanol–water partition coefficient (Wildman–Crippen LogP) is 4.06. The van der Waals surface area contributed by atoms with E-state index < -0.39 is 5.82 Å². The fourth-order valence-corrected chi connectivity index (χ4v) is 2.58. The molecule has 0 aliphatic heterocycles. The molecule has 25 heavy (non-hydrogen) atoms. The zero-order chi connectivity index (χ0) is 17.4. The quantitative estimate of drug-likeness (QED) is 0.585. The Kier molecular flexibility index (Phi) is 3.64. The molecule has 0 fully saturated rings. The lowest BCUT2D eigenvalue weighted by atomic mass is 10.1. The van der Waals surface area contributed by atoms with Crippen molar-refractivity contribution in [2.75, 3.05) is 5.32 Å². The summed E-state index contributed by atoms with van der Waals surface area (Å²) in [5, 5.41) is 17.6. The highest BCUT2D eigenvalue weighted by atomic mass is 19.1. The molecule has 8 heteroatoms. The number of fused-ring (bicyclic) bond motifs is 1. The van der Waals surface area contributed by atoms with Gasteiger partial charge in [-0.2, -0.15) is 5.10 Å². The highest BCUT2D eigenvalue weighted by molar-refractivity contribution is 5.83. The van der Waals surface area contributed by atoms with Crippen LogP contribution in [0.3, 0.4) is 0 Å². The first kappa shape index (κ1) is 15.3. The summed E-state index contributed by atoms with van der Waals surface area (Å²) in [6.45, 7) is 1.83. The van der Waals surface area contributed by atoms with Crippen LogP contribution in [0.25, 0.3) is 22.4 Å². The predicted molar refractivity (Wildman–Crippen MR) is 87.8 cm³/mol. The Morgan fingerprint density at radius 2 is 2.04 bits per heavy atom. The Balaban J connectivity index is 1.60. The molecule has 2 aromatic heterocycles. The minimum atomic E-state index is -0.486. The number of anilines is 1. The van der Waals surface area contributed by atoms with Crippen LogP contribution in [0.2, 0.25) is 0 Å². The molecule has 126 valence electrons. The van der Waals surface area contributed by atoms with Gasteiger partial charge in [0.2, 0.25) is 0 Å². The lowest BCUT2D eigenvalue weighted by Crippen LogP contribution is -2.07. The second-order valence-corrected chi connectivity index (χ2v) is 5.59. The van der Waals surface area contributed by atoms with Crippen molar-refractivity contribution in [1.29, 1.82) is 0 Å². The number of halogens is 2. The highest BCUT2D eigenvalue weighted by Crippen LogP contribution is 2.29. The second kappa shape index (κ2) is 5.97. The van der Waals surface area contributed by atoms with Gasteiger partial charge in [-0.15, -0.1) is 5.10 Å². The summed E-state index contributed by atoms with van der Waals surface area (Å²) in [6, 6.07) is 9.29. The number of aromatic nitrogens is 4. The molecule has 2 N–H and O–H groups in total. The molecular formula is C17H13F2N5O. The van der Waals surface area contributed by atoms with Crippen molar-refractivity contribution in [2.24, 2.45) is 0 Å². The normalized spacial score (nSPS) is 12.4. The van der Waals surface area contributed by atoms with E-state index in [0.717, 1.165) is 5.56 Å². The van der Waals surface area contributed by atoms with E-state index in [1.165, 1.54) is 18.3 Å². The van der Waals surface area contributed by atoms with Crippen molar-refractivity contribution < 1.29 is 13.2 Å². The van der Waals surface area contributed by atoms with Crippen LogP contribution in [-0.4, -0.2) is 20.4 Å². The molecule has 1 atom stereocenters. The standard InChI is InChI=1S/C17H13F2N5O/c1-9(10-3-2-4-11(18)7-10)21-17-24-23-16(25-17)12-5-6-14-13(15(12)19)8-20-22-14/h2-9H,1H3,(H,20,22)(H,21,24)/t9-/m1/s1. The van der Waals surface area contributed by atoms with E-state index in [-0.39, 0.29) is 29.3 Å². The van der Waals surface area contributed by atoms with E-state index in [0.29, 0.717) is 10.9 Å². The van der Waals surface area contributed by atoms with Crippen LogP contribution >= 0.6 is 0 Å². The molecule has 2 heterocycles. The van der Waals surface area contributed by atoms with E-state index in [2.05, 4.69) is 25.7 Å². The van der Waals surface area contributed by atoms with Gasteiger partial charge in [0.1, 0.15) is 11.6 Å².